The fourth-order valence-corrected chi connectivity index (χ4v) is 4.11. The first kappa shape index (κ1) is 18.4. The number of para-hydroxylation sites is 1. The number of hydrogen-bond acceptors (Lipinski definition) is 3. The third-order valence-corrected chi connectivity index (χ3v) is 5.47. The summed E-state index contributed by atoms with van der Waals surface area (Å²) < 4.78 is 8.58. The highest BCUT2D eigenvalue weighted by atomic mass is 32.1. The summed E-state index contributed by atoms with van der Waals surface area (Å²) in [7, 11) is 1.66. The van der Waals surface area contributed by atoms with Crippen molar-refractivity contribution in [1.29, 1.82) is 0 Å². The molecule has 0 aliphatic rings. The lowest BCUT2D eigenvalue weighted by Gasteiger charge is -2.06. The Morgan fingerprint density at radius 3 is 2.54 bits per heavy atom. The summed E-state index contributed by atoms with van der Waals surface area (Å²) in [5.41, 5.74) is 3.26. The van der Waals surface area contributed by atoms with Gasteiger partial charge in [0.25, 0.3) is 5.91 Å². The van der Waals surface area contributed by atoms with Gasteiger partial charge < -0.3 is 9.30 Å². The van der Waals surface area contributed by atoms with Crippen molar-refractivity contribution in [3.8, 4) is 5.75 Å². The van der Waals surface area contributed by atoms with Gasteiger partial charge in [0, 0.05) is 6.54 Å². The monoisotopic (exact) mass is 368 g/mol. The van der Waals surface area contributed by atoms with E-state index in [1.165, 1.54) is 16.9 Å². The number of hydrogen-bond donors (Lipinski definition) is 0. The van der Waals surface area contributed by atoms with Crippen molar-refractivity contribution in [3.05, 3.63) is 58.4 Å². The van der Waals surface area contributed by atoms with Crippen LogP contribution in [0, 0.1) is 0 Å². The third kappa shape index (κ3) is 3.73. The Kier molecular flexibility index (Phi) is 5.57. The summed E-state index contributed by atoms with van der Waals surface area (Å²) in [5, 5.41) is 0. The van der Waals surface area contributed by atoms with Gasteiger partial charge in [0.15, 0.2) is 4.80 Å². The Morgan fingerprint density at radius 2 is 1.92 bits per heavy atom. The number of fused-ring (bicyclic) bond motifs is 1. The van der Waals surface area contributed by atoms with E-state index in [1.54, 1.807) is 7.11 Å². The SMILES string of the molecule is CCn1c(=NC(=O)Cc2ccc(C(C)C)cc2)sc2cccc(OC)c21. The molecule has 0 aliphatic carbocycles. The van der Waals surface area contributed by atoms with Crippen LogP contribution in [-0.4, -0.2) is 17.6 Å². The molecule has 1 heterocycles. The van der Waals surface area contributed by atoms with Gasteiger partial charge >= 0.3 is 0 Å². The molecule has 0 N–H and O–H groups in total. The Bertz CT molecular complexity index is 981. The van der Waals surface area contributed by atoms with Crippen molar-refractivity contribution in [2.45, 2.75) is 39.7 Å². The second kappa shape index (κ2) is 7.87. The quantitative estimate of drug-likeness (QED) is 0.664. The minimum Gasteiger partial charge on any atom is -0.495 e. The molecule has 0 unspecified atom stereocenters. The Morgan fingerprint density at radius 1 is 1.19 bits per heavy atom. The zero-order chi connectivity index (χ0) is 18.7. The number of amides is 1. The van der Waals surface area contributed by atoms with E-state index in [1.807, 2.05) is 41.8 Å². The molecule has 0 fully saturated rings. The molecule has 0 aliphatic heterocycles. The molecule has 26 heavy (non-hydrogen) atoms. The first-order valence-corrected chi connectivity index (χ1v) is 9.67. The summed E-state index contributed by atoms with van der Waals surface area (Å²) in [6.45, 7) is 7.10. The molecule has 0 atom stereocenters. The minimum absolute atomic E-state index is 0.130. The Balaban J connectivity index is 1.92. The number of thiazole rings is 1. The van der Waals surface area contributed by atoms with E-state index < -0.39 is 0 Å². The van der Waals surface area contributed by atoms with Gasteiger partial charge in [-0.15, -0.1) is 0 Å². The van der Waals surface area contributed by atoms with Crippen molar-refractivity contribution in [1.82, 2.24) is 4.57 Å². The van der Waals surface area contributed by atoms with Gasteiger partial charge in [-0.25, -0.2) is 0 Å². The molecule has 1 amide bonds. The lowest BCUT2D eigenvalue weighted by molar-refractivity contribution is -0.117. The van der Waals surface area contributed by atoms with Crippen LogP contribution in [0.4, 0.5) is 0 Å². The minimum atomic E-state index is -0.130. The lowest BCUT2D eigenvalue weighted by atomic mass is 10.0. The first-order chi connectivity index (χ1) is 12.5. The van der Waals surface area contributed by atoms with Crippen LogP contribution in [0.1, 0.15) is 37.8 Å². The van der Waals surface area contributed by atoms with Crippen LogP contribution in [0.2, 0.25) is 0 Å². The van der Waals surface area contributed by atoms with Gasteiger partial charge in [-0.1, -0.05) is 55.5 Å². The predicted molar refractivity (Wildman–Crippen MR) is 107 cm³/mol. The first-order valence-electron chi connectivity index (χ1n) is 8.86. The van der Waals surface area contributed by atoms with Crippen molar-refractivity contribution in [2.24, 2.45) is 4.99 Å². The van der Waals surface area contributed by atoms with Crippen molar-refractivity contribution < 1.29 is 9.53 Å². The molecule has 0 spiro atoms. The predicted octanol–water partition coefficient (Wildman–Crippen LogP) is 4.52. The molecular weight excluding hydrogens is 344 g/mol. The molecule has 2 aromatic carbocycles. The maximum Gasteiger partial charge on any atom is 0.252 e. The van der Waals surface area contributed by atoms with Gasteiger partial charge in [-0.2, -0.15) is 4.99 Å². The number of methoxy groups -OCH3 is 1. The maximum absolute atomic E-state index is 12.5. The Labute approximate surface area is 157 Å². The number of nitrogens with zero attached hydrogens (tertiary/aromatic N) is 2. The standard InChI is InChI=1S/C21H24N2O2S/c1-5-23-20-17(25-4)7-6-8-18(20)26-21(23)22-19(24)13-15-9-11-16(12-10-15)14(2)3/h6-12,14H,5,13H2,1-4H3. The zero-order valence-corrected chi connectivity index (χ0v) is 16.5. The Hall–Kier alpha value is -2.40. The summed E-state index contributed by atoms with van der Waals surface area (Å²) in [4.78, 5) is 17.6. The molecule has 3 aromatic rings. The lowest BCUT2D eigenvalue weighted by Crippen LogP contribution is -2.16. The average molecular weight is 369 g/mol. The van der Waals surface area contributed by atoms with Crippen LogP contribution in [0.15, 0.2) is 47.5 Å². The number of carbonyl (C=O) groups excluding carboxylic acids is 1. The second-order valence-corrected chi connectivity index (χ2v) is 7.52. The van der Waals surface area contributed by atoms with Crippen molar-refractivity contribution >= 4 is 27.5 Å². The number of aromatic nitrogens is 1. The van der Waals surface area contributed by atoms with E-state index in [2.05, 4.69) is 31.0 Å². The van der Waals surface area contributed by atoms with Crippen LogP contribution >= 0.6 is 11.3 Å². The number of rotatable bonds is 5. The average Bonchev–Trinajstić information content (AvgIpc) is 2.98. The highest BCUT2D eigenvalue weighted by molar-refractivity contribution is 7.16. The topological polar surface area (TPSA) is 43.6 Å². The maximum atomic E-state index is 12.5. The molecule has 1 aromatic heterocycles. The molecular formula is C21H24N2O2S. The van der Waals surface area contributed by atoms with Crippen molar-refractivity contribution in [3.63, 3.8) is 0 Å². The van der Waals surface area contributed by atoms with E-state index in [0.29, 0.717) is 12.3 Å². The smallest absolute Gasteiger partial charge is 0.252 e. The van der Waals surface area contributed by atoms with Crippen LogP contribution in [0.5, 0.6) is 5.75 Å². The highest BCUT2D eigenvalue weighted by Gasteiger charge is 2.11. The van der Waals surface area contributed by atoms with Gasteiger partial charge in [0.1, 0.15) is 11.3 Å². The summed E-state index contributed by atoms with van der Waals surface area (Å²) in [6, 6.07) is 14.1. The van der Waals surface area contributed by atoms with E-state index in [4.69, 9.17) is 4.74 Å². The van der Waals surface area contributed by atoms with E-state index in [0.717, 1.165) is 32.9 Å². The van der Waals surface area contributed by atoms with Crippen LogP contribution in [0.3, 0.4) is 0 Å². The number of carbonyl (C=O) groups is 1. The van der Waals surface area contributed by atoms with Gasteiger partial charge in [-0.3, -0.25) is 4.79 Å². The summed E-state index contributed by atoms with van der Waals surface area (Å²) >= 11 is 1.52. The molecule has 136 valence electrons. The summed E-state index contributed by atoms with van der Waals surface area (Å²) in [5.74, 6) is 1.16. The second-order valence-electron chi connectivity index (χ2n) is 6.51. The fraction of sp³-hybridized carbons (Fsp3) is 0.333. The van der Waals surface area contributed by atoms with Crippen LogP contribution < -0.4 is 9.54 Å². The van der Waals surface area contributed by atoms with Crippen LogP contribution in [0.25, 0.3) is 10.2 Å². The third-order valence-electron chi connectivity index (χ3n) is 4.42. The molecule has 0 saturated heterocycles. The molecule has 3 rings (SSSR count). The zero-order valence-electron chi connectivity index (χ0n) is 15.7. The molecule has 0 bridgehead atoms. The fourth-order valence-electron chi connectivity index (χ4n) is 2.98. The van der Waals surface area contributed by atoms with E-state index in [9.17, 15) is 4.79 Å². The van der Waals surface area contributed by atoms with E-state index >= 15 is 0 Å². The molecule has 4 nitrogen and oxygen atoms in total. The molecule has 0 radical (unpaired) electrons. The van der Waals surface area contributed by atoms with Crippen molar-refractivity contribution in [2.75, 3.05) is 7.11 Å². The number of aryl methyl sites for hydroxylation is 1. The summed E-state index contributed by atoms with van der Waals surface area (Å²) in [6.07, 6.45) is 0.313. The number of benzene rings is 2. The molecule has 0 saturated carbocycles. The molecule has 5 heteroatoms. The largest absolute Gasteiger partial charge is 0.495 e. The normalized spacial score (nSPS) is 12.1. The number of ether oxygens (including phenoxy) is 1. The van der Waals surface area contributed by atoms with Gasteiger partial charge in [-0.05, 0) is 36.1 Å². The highest BCUT2D eigenvalue weighted by Crippen LogP contribution is 2.27. The van der Waals surface area contributed by atoms with Crippen LogP contribution in [-0.2, 0) is 17.8 Å². The van der Waals surface area contributed by atoms with Gasteiger partial charge in [0.05, 0.1) is 18.2 Å². The van der Waals surface area contributed by atoms with E-state index in [-0.39, 0.29) is 5.91 Å². The van der Waals surface area contributed by atoms with Gasteiger partial charge in [0.2, 0.25) is 0 Å².